The maximum Gasteiger partial charge on any atom is 0.119 e. The molecule has 4 heteroatoms. The summed E-state index contributed by atoms with van der Waals surface area (Å²) in [5, 5.41) is 1.06. The van der Waals surface area contributed by atoms with Crippen molar-refractivity contribution < 1.29 is 4.74 Å². The van der Waals surface area contributed by atoms with Gasteiger partial charge in [0.15, 0.2) is 0 Å². The number of hydrogen-bond acceptors (Lipinski definition) is 2. The van der Waals surface area contributed by atoms with Crippen molar-refractivity contribution in [1.29, 1.82) is 0 Å². The summed E-state index contributed by atoms with van der Waals surface area (Å²) < 4.78 is 5.58. The zero-order chi connectivity index (χ0) is 12.3. The molecule has 0 saturated heterocycles. The topological polar surface area (TPSA) is 35.2 Å². The minimum absolute atomic E-state index is 0.378. The van der Waals surface area contributed by atoms with Crippen LogP contribution in [0.5, 0.6) is 5.75 Å². The predicted octanol–water partition coefficient (Wildman–Crippen LogP) is 4.15. The Balaban J connectivity index is 2.07. The van der Waals surface area contributed by atoms with Crippen LogP contribution >= 0.6 is 23.2 Å². The van der Waals surface area contributed by atoms with Gasteiger partial charge in [-0.1, -0.05) is 35.3 Å². The van der Waals surface area contributed by atoms with Gasteiger partial charge >= 0.3 is 0 Å². The Morgan fingerprint density at radius 2 is 1.71 bits per heavy atom. The van der Waals surface area contributed by atoms with Gasteiger partial charge in [0, 0.05) is 11.3 Å². The molecule has 0 spiro atoms. The molecule has 0 atom stereocenters. The second kappa shape index (κ2) is 5.30. The van der Waals surface area contributed by atoms with Crippen LogP contribution in [0.15, 0.2) is 42.5 Å². The number of benzene rings is 2. The highest BCUT2D eigenvalue weighted by Gasteiger charge is 2.04. The van der Waals surface area contributed by atoms with E-state index in [0.717, 1.165) is 11.3 Å². The van der Waals surface area contributed by atoms with Gasteiger partial charge in [-0.15, -0.1) is 0 Å². The van der Waals surface area contributed by atoms with E-state index in [0.29, 0.717) is 22.3 Å². The number of anilines is 1. The quantitative estimate of drug-likeness (QED) is 0.848. The number of hydrogen-bond donors (Lipinski definition) is 1. The zero-order valence-electron chi connectivity index (χ0n) is 8.99. The molecule has 2 aromatic carbocycles. The minimum atomic E-state index is 0.378. The van der Waals surface area contributed by atoms with Crippen molar-refractivity contribution in [3.63, 3.8) is 0 Å². The Bertz CT molecular complexity index is 511. The summed E-state index contributed by atoms with van der Waals surface area (Å²) >= 11 is 12.0. The fourth-order valence-corrected chi connectivity index (χ4v) is 1.76. The van der Waals surface area contributed by atoms with Crippen LogP contribution in [0.4, 0.5) is 5.69 Å². The SMILES string of the molecule is Nc1ccc(OCc2cccc(Cl)c2Cl)cc1. The third-order valence-electron chi connectivity index (χ3n) is 2.31. The van der Waals surface area contributed by atoms with E-state index in [4.69, 9.17) is 33.7 Å². The summed E-state index contributed by atoms with van der Waals surface area (Å²) in [7, 11) is 0. The van der Waals surface area contributed by atoms with E-state index in [-0.39, 0.29) is 0 Å². The molecule has 0 unspecified atom stereocenters. The van der Waals surface area contributed by atoms with Gasteiger partial charge in [0.1, 0.15) is 12.4 Å². The fraction of sp³-hybridized carbons (Fsp3) is 0.0769. The second-order valence-corrected chi connectivity index (χ2v) is 4.36. The molecule has 0 saturated carbocycles. The van der Waals surface area contributed by atoms with Gasteiger partial charge in [-0.2, -0.15) is 0 Å². The van der Waals surface area contributed by atoms with E-state index in [1.54, 1.807) is 18.2 Å². The van der Waals surface area contributed by atoms with Crippen molar-refractivity contribution in [2.24, 2.45) is 0 Å². The molecular formula is C13H11Cl2NO. The first kappa shape index (κ1) is 12.1. The first-order valence-corrected chi connectivity index (χ1v) is 5.83. The molecule has 0 aromatic heterocycles. The molecule has 0 bridgehead atoms. The minimum Gasteiger partial charge on any atom is -0.489 e. The van der Waals surface area contributed by atoms with Crippen molar-refractivity contribution in [1.82, 2.24) is 0 Å². The lowest BCUT2D eigenvalue weighted by Crippen LogP contribution is -1.96. The molecule has 0 radical (unpaired) electrons. The summed E-state index contributed by atoms with van der Waals surface area (Å²) in [6, 6.07) is 12.7. The van der Waals surface area contributed by atoms with Crippen LogP contribution in [0.3, 0.4) is 0 Å². The van der Waals surface area contributed by atoms with Gasteiger partial charge < -0.3 is 10.5 Å². The monoisotopic (exact) mass is 267 g/mol. The Morgan fingerprint density at radius 1 is 1.00 bits per heavy atom. The Morgan fingerprint density at radius 3 is 2.41 bits per heavy atom. The standard InChI is InChI=1S/C13H11Cl2NO/c14-12-3-1-2-9(13(12)15)8-17-11-6-4-10(16)5-7-11/h1-7H,8,16H2. The number of nitrogens with two attached hydrogens (primary N) is 1. The van der Waals surface area contributed by atoms with Crippen LogP contribution in [0.1, 0.15) is 5.56 Å². The first-order valence-electron chi connectivity index (χ1n) is 5.08. The number of ether oxygens (including phenoxy) is 1. The Kier molecular flexibility index (Phi) is 3.77. The molecule has 0 amide bonds. The van der Waals surface area contributed by atoms with E-state index < -0.39 is 0 Å². The fourth-order valence-electron chi connectivity index (χ4n) is 1.39. The molecule has 2 N–H and O–H groups in total. The van der Waals surface area contributed by atoms with Gasteiger partial charge in [0.2, 0.25) is 0 Å². The largest absolute Gasteiger partial charge is 0.489 e. The van der Waals surface area contributed by atoms with Gasteiger partial charge in [0.05, 0.1) is 10.0 Å². The molecule has 2 aromatic rings. The lowest BCUT2D eigenvalue weighted by molar-refractivity contribution is 0.306. The van der Waals surface area contributed by atoms with Gasteiger partial charge in [-0.05, 0) is 30.3 Å². The summed E-state index contributed by atoms with van der Waals surface area (Å²) in [6.07, 6.45) is 0. The van der Waals surface area contributed by atoms with Crippen molar-refractivity contribution in [2.75, 3.05) is 5.73 Å². The first-order chi connectivity index (χ1) is 8.16. The molecule has 0 aliphatic rings. The van der Waals surface area contributed by atoms with Crippen LogP contribution in [0, 0.1) is 0 Å². The molecule has 88 valence electrons. The average Bonchev–Trinajstić information content (AvgIpc) is 2.33. The lowest BCUT2D eigenvalue weighted by atomic mass is 10.2. The Labute approximate surface area is 110 Å². The van der Waals surface area contributed by atoms with E-state index in [1.807, 2.05) is 24.3 Å². The maximum atomic E-state index is 6.05. The lowest BCUT2D eigenvalue weighted by Gasteiger charge is -2.08. The molecular weight excluding hydrogens is 257 g/mol. The Hall–Kier alpha value is -1.38. The zero-order valence-corrected chi connectivity index (χ0v) is 10.5. The van der Waals surface area contributed by atoms with Gasteiger partial charge in [0.25, 0.3) is 0 Å². The van der Waals surface area contributed by atoms with E-state index in [1.165, 1.54) is 0 Å². The summed E-state index contributed by atoms with van der Waals surface area (Å²) in [6.45, 7) is 0.378. The highest BCUT2D eigenvalue weighted by molar-refractivity contribution is 6.42. The van der Waals surface area contributed by atoms with Crippen molar-refractivity contribution >= 4 is 28.9 Å². The van der Waals surface area contributed by atoms with Gasteiger partial charge in [-0.25, -0.2) is 0 Å². The smallest absolute Gasteiger partial charge is 0.119 e. The van der Waals surface area contributed by atoms with Gasteiger partial charge in [-0.3, -0.25) is 0 Å². The molecule has 0 fully saturated rings. The summed E-state index contributed by atoms with van der Waals surface area (Å²) in [5.41, 5.74) is 7.15. The molecule has 17 heavy (non-hydrogen) atoms. The van der Waals surface area contributed by atoms with Crippen LogP contribution < -0.4 is 10.5 Å². The van der Waals surface area contributed by atoms with Crippen molar-refractivity contribution in [3.8, 4) is 5.75 Å². The van der Waals surface area contributed by atoms with Crippen LogP contribution in [-0.2, 0) is 6.61 Å². The number of rotatable bonds is 3. The third-order valence-corrected chi connectivity index (χ3v) is 3.16. The molecule has 2 nitrogen and oxygen atoms in total. The highest BCUT2D eigenvalue weighted by Crippen LogP contribution is 2.26. The van der Waals surface area contributed by atoms with Crippen molar-refractivity contribution in [3.05, 3.63) is 58.1 Å². The molecule has 0 aliphatic heterocycles. The van der Waals surface area contributed by atoms with E-state index >= 15 is 0 Å². The molecule has 2 rings (SSSR count). The maximum absolute atomic E-state index is 6.05. The normalized spacial score (nSPS) is 10.2. The highest BCUT2D eigenvalue weighted by atomic mass is 35.5. The van der Waals surface area contributed by atoms with E-state index in [2.05, 4.69) is 0 Å². The number of nitrogen functional groups attached to an aromatic ring is 1. The van der Waals surface area contributed by atoms with Crippen LogP contribution in [-0.4, -0.2) is 0 Å². The summed E-state index contributed by atoms with van der Waals surface area (Å²) in [5.74, 6) is 0.746. The van der Waals surface area contributed by atoms with Crippen LogP contribution in [0.25, 0.3) is 0 Å². The number of halogens is 2. The molecule has 0 heterocycles. The van der Waals surface area contributed by atoms with E-state index in [9.17, 15) is 0 Å². The molecule has 0 aliphatic carbocycles. The predicted molar refractivity (Wildman–Crippen MR) is 71.6 cm³/mol. The average molecular weight is 268 g/mol. The summed E-state index contributed by atoms with van der Waals surface area (Å²) in [4.78, 5) is 0. The van der Waals surface area contributed by atoms with Crippen LogP contribution in [0.2, 0.25) is 10.0 Å². The second-order valence-electron chi connectivity index (χ2n) is 3.57. The van der Waals surface area contributed by atoms with Crippen molar-refractivity contribution in [2.45, 2.75) is 6.61 Å². The third kappa shape index (κ3) is 3.05.